The Hall–Kier alpha value is -2.64. The van der Waals surface area contributed by atoms with Crippen LogP contribution in [0.15, 0.2) is 59.0 Å². The number of para-hydroxylation sites is 1. The van der Waals surface area contributed by atoms with Gasteiger partial charge in [-0.15, -0.1) is 0 Å². The summed E-state index contributed by atoms with van der Waals surface area (Å²) in [5.41, 5.74) is 1.79. The summed E-state index contributed by atoms with van der Waals surface area (Å²) < 4.78 is 33.2. The van der Waals surface area contributed by atoms with E-state index in [9.17, 15) is 13.2 Å². The molecule has 0 aliphatic carbocycles. The monoisotopic (exact) mass is 412 g/mol. The number of carbonyl (C=O) groups excluding carboxylic acids is 1. The Morgan fingerprint density at radius 2 is 1.72 bits per heavy atom. The van der Waals surface area contributed by atoms with E-state index in [2.05, 4.69) is 5.32 Å². The van der Waals surface area contributed by atoms with Crippen LogP contribution in [-0.2, 0) is 14.8 Å². The average Bonchev–Trinajstić information content (AvgIpc) is 3.04. The fourth-order valence-corrected chi connectivity index (χ4v) is 5.19. The lowest BCUT2D eigenvalue weighted by Gasteiger charge is -2.20. The zero-order valence-electron chi connectivity index (χ0n) is 16.1. The summed E-state index contributed by atoms with van der Waals surface area (Å²) in [6.07, 6.45) is 5.67. The third-order valence-electron chi connectivity index (χ3n) is 5.22. The molecule has 1 saturated heterocycles. The van der Waals surface area contributed by atoms with Crippen LogP contribution in [0.4, 0.5) is 5.69 Å². The van der Waals surface area contributed by atoms with E-state index >= 15 is 0 Å². The summed E-state index contributed by atoms with van der Waals surface area (Å²) >= 11 is 0. The molecule has 0 radical (unpaired) electrons. The van der Waals surface area contributed by atoms with Gasteiger partial charge in [0.1, 0.15) is 12.4 Å². The molecule has 2 aliphatic rings. The van der Waals surface area contributed by atoms with Crippen molar-refractivity contribution in [2.75, 3.05) is 25.0 Å². The van der Waals surface area contributed by atoms with Gasteiger partial charge in [-0.25, -0.2) is 8.42 Å². The number of nitrogens with one attached hydrogen (secondary N) is 1. The van der Waals surface area contributed by atoms with Crippen LogP contribution in [0.3, 0.4) is 0 Å². The van der Waals surface area contributed by atoms with Crippen LogP contribution >= 0.6 is 0 Å². The number of anilines is 1. The van der Waals surface area contributed by atoms with Crippen LogP contribution < -0.4 is 10.1 Å². The highest BCUT2D eigenvalue weighted by molar-refractivity contribution is 7.89. The van der Waals surface area contributed by atoms with Crippen LogP contribution in [-0.4, -0.2) is 38.3 Å². The van der Waals surface area contributed by atoms with Gasteiger partial charge >= 0.3 is 0 Å². The first-order valence-corrected chi connectivity index (χ1v) is 11.3. The van der Waals surface area contributed by atoms with Gasteiger partial charge in [0.05, 0.1) is 10.5 Å². The van der Waals surface area contributed by atoms with E-state index in [4.69, 9.17) is 4.74 Å². The molecule has 0 saturated carbocycles. The number of amides is 1. The molecule has 1 amide bonds. The first-order chi connectivity index (χ1) is 14.0. The van der Waals surface area contributed by atoms with Crippen molar-refractivity contribution in [1.29, 1.82) is 0 Å². The first-order valence-electron chi connectivity index (χ1n) is 9.88. The average molecular weight is 413 g/mol. The highest BCUT2D eigenvalue weighted by Gasteiger charge is 2.25. The molecule has 0 spiro atoms. The predicted octanol–water partition coefficient (Wildman–Crippen LogP) is 3.67. The van der Waals surface area contributed by atoms with Crippen molar-refractivity contribution in [2.24, 2.45) is 0 Å². The minimum Gasteiger partial charge on any atom is -0.488 e. The molecule has 0 bridgehead atoms. The molecule has 1 fully saturated rings. The summed E-state index contributed by atoms with van der Waals surface area (Å²) in [7, 11) is -3.57. The molecule has 0 atom stereocenters. The van der Waals surface area contributed by atoms with E-state index in [0.717, 1.165) is 37.0 Å². The second-order valence-corrected chi connectivity index (χ2v) is 9.23. The maximum absolute atomic E-state index is 13.0. The van der Waals surface area contributed by atoms with E-state index in [0.29, 0.717) is 24.4 Å². The summed E-state index contributed by atoms with van der Waals surface area (Å²) in [5.74, 6) is 0.443. The van der Waals surface area contributed by atoms with Crippen LogP contribution in [0.25, 0.3) is 6.08 Å². The summed E-state index contributed by atoms with van der Waals surface area (Å²) in [4.78, 5) is 12.9. The van der Waals surface area contributed by atoms with E-state index < -0.39 is 10.0 Å². The van der Waals surface area contributed by atoms with E-state index in [1.165, 1.54) is 6.07 Å². The molecule has 2 heterocycles. The molecular weight excluding hydrogens is 388 g/mol. The summed E-state index contributed by atoms with van der Waals surface area (Å²) in [6, 6.07) is 14.0. The number of rotatable bonds is 4. The number of ether oxygens (including phenoxy) is 1. The maximum atomic E-state index is 13.0. The maximum Gasteiger partial charge on any atom is 0.255 e. The SMILES string of the molecule is O=C(Nc1cccc(S(=O)(=O)N2CCCCCC2)c1)C1=Cc2ccccc2OC1. The van der Waals surface area contributed by atoms with Gasteiger partial charge in [-0.1, -0.05) is 37.1 Å². The minimum atomic E-state index is -3.57. The largest absolute Gasteiger partial charge is 0.488 e. The van der Waals surface area contributed by atoms with Gasteiger partial charge in [-0.3, -0.25) is 4.79 Å². The van der Waals surface area contributed by atoms with E-state index in [-0.39, 0.29) is 17.4 Å². The number of hydrogen-bond donors (Lipinski definition) is 1. The minimum absolute atomic E-state index is 0.175. The number of hydrogen-bond acceptors (Lipinski definition) is 4. The predicted molar refractivity (Wildman–Crippen MR) is 112 cm³/mol. The molecule has 6 nitrogen and oxygen atoms in total. The number of fused-ring (bicyclic) bond motifs is 1. The van der Waals surface area contributed by atoms with Crippen molar-refractivity contribution in [3.8, 4) is 5.75 Å². The van der Waals surface area contributed by atoms with Gasteiger partial charge < -0.3 is 10.1 Å². The van der Waals surface area contributed by atoms with Gasteiger partial charge in [-0.05, 0) is 43.2 Å². The Labute approximate surface area is 171 Å². The topological polar surface area (TPSA) is 75.7 Å². The lowest BCUT2D eigenvalue weighted by atomic mass is 10.1. The van der Waals surface area contributed by atoms with Crippen molar-refractivity contribution in [3.05, 3.63) is 59.7 Å². The highest BCUT2D eigenvalue weighted by atomic mass is 32.2. The number of sulfonamides is 1. The molecule has 2 aromatic carbocycles. The molecule has 2 aliphatic heterocycles. The standard InChI is InChI=1S/C22H24N2O4S/c25-22(18-14-17-8-3-4-11-21(17)28-16-18)23-19-9-7-10-20(15-19)29(26,27)24-12-5-1-2-6-13-24/h3-4,7-11,14-15H,1-2,5-6,12-13,16H2,(H,23,25). The van der Waals surface area contributed by atoms with Crippen molar-refractivity contribution in [2.45, 2.75) is 30.6 Å². The van der Waals surface area contributed by atoms with E-state index in [1.807, 2.05) is 24.3 Å². The smallest absolute Gasteiger partial charge is 0.255 e. The molecule has 29 heavy (non-hydrogen) atoms. The second-order valence-electron chi connectivity index (χ2n) is 7.30. The van der Waals surface area contributed by atoms with E-state index in [1.54, 1.807) is 28.6 Å². The zero-order valence-corrected chi connectivity index (χ0v) is 17.0. The molecular formula is C22H24N2O4S. The quantitative estimate of drug-likeness (QED) is 0.831. The fraction of sp³-hybridized carbons (Fsp3) is 0.318. The second kappa shape index (κ2) is 8.39. The highest BCUT2D eigenvalue weighted by Crippen LogP contribution is 2.27. The first kappa shape index (κ1) is 19.7. The number of benzene rings is 2. The Balaban J connectivity index is 1.52. The van der Waals surface area contributed by atoms with Gasteiger partial charge in [0.25, 0.3) is 5.91 Å². The molecule has 2 aromatic rings. The Kier molecular flexibility index (Phi) is 5.69. The number of nitrogens with zero attached hydrogens (tertiary/aromatic N) is 1. The lowest BCUT2D eigenvalue weighted by Crippen LogP contribution is -2.32. The van der Waals surface area contributed by atoms with Crippen molar-refractivity contribution in [3.63, 3.8) is 0 Å². The molecule has 0 unspecified atom stereocenters. The lowest BCUT2D eigenvalue weighted by molar-refractivity contribution is -0.113. The Bertz CT molecular complexity index is 1040. The fourth-order valence-electron chi connectivity index (χ4n) is 3.62. The van der Waals surface area contributed by atoms with Crippen molar-refractivity contribution in [1.82, 2.24) is 4.31 Å². The molecule has 7 heteroatoms. The van der Waals surface area contributed by atoms with Gasteiger partial charge in [0.15, 0.2) is 0 Å². The van der Waals surface area contributed by atoms with Gasteiger partial charge in [-0.2, -0.15) is 4.31 Å². The van der Waals surface area contributed by atoms with Crippen molar-refractivity contribution < 1.29 is 17.9 Å². The summed E-state index contributed by atoms with van der Waals surface area (Å²) in [6.45, 7) is 1.26. The van der Waals surface area contributed by atoms with Gasteiger partial charge in [0.2, 0.25) is 10.0 Å². The summed E-state index contributed by atoms with van der Waals surface area (Å²) in [5, 5.41) is 2.80. The molecule has 4 rings (SSSR count). The van der Waals surface area contributed by atoms with Crippen LogP contribution in [0.1, 0.15) is 31.2 Å². The molecule has 152 valence electrons. The van der Waals surface area contributed by atoms with Gasteiger partial charge in [0, 0.05) is 24.3 Å². The van der Waals surface area contributed by atoms with Crippen molar-refractivity contribution >= 4 is 27.7 Å². The van der Waals surface area contributed by atoms with Crippen LogP contribution in [0, 0.1) is 0 Å². The molecule has 0 aromatic heterocycles. The zero-order chi connectivity index (χ0) is 20.3. The normalized spacial score (nSPS) is 17.4. The Morgan fingerprint density at radius 3 is 2.52 bits per heavy atom. The van der Waals surface area contributed by atoms with Crippen LogP contribution in [0.5, 0.6) is 5.75 Å². The van der Waals surface area contributed by atoms with Crippen LogP contribution in [0.2, 0.25) is 0 Å². The third-order valence-corrected chi connectivity index (χ3v) is 7.11. The molecule has 1 N–H and O–H groups in total. The Morgan fingerprint density at radius 1 is 0.966 bits per heavy atom. The third kappa shape index (κ3) is 4.36. The number of carbonyl (C=O) groups is 1.